The van der Waals surface area contributed by atoms with Crippen molar-refractivity contribution < 1.29 is 9.53 Å². The van der Waals surface area contributed by atoms with Crippen LogP contribution in [0.1, 0.15) is 71.1 Å². The van der Waals surface area contributed by atoms with Crippen molar-refractivity contribution in [3.8, 4) is 0 Å². The molecule has 0 radical (unpaired) electrons. The normalized spacial score (nSPS) is 29.8. The number of ether oxygens (including phenoxy) is 1. The van der Waals surface area contributed by atoms with Gasteiger partial charge in [-0.05, 0) is 62.2 Å². The molecule has 2 aliphatic carbocycles. The van der Waals surface area contributed by atoms with E-state index in [4.69, 9.17) is 0 Å². The van der Waals surface area contributed by atoms with E-state index in [1.54, 1.807) is 0 Å². The maximum absolute atomic E-state index is 11.1. The lowest BCUT2D eigenvalue weighted by Crippen LogP contribution is -2.18. The first-order valence-electron chi connectivity index (χ1n) is 9.63. The van der Waals surface area contributed by atoms with Crippen molar-refractivity contribution in [1.29, 1.82) is 0 Å². The third kappa shape index (κ3) is 5.51. The minimum absolute atomic E-state index is 0.0920. The Labute approximate surface area is 142 Å². The second-order valence-corrected chi connectivity index (χ2v) is 7.34. The van der Waals surface area contributed by atoms with Gasteiger partial charge in [0, 0.05) is 6.42 Å². The predicted octanol–water partition coefficient (Wildman–Crippen LogP) is 5.68. The number of fused-ring (bicyclic) bond motifs is 1. The van der Waals surface area contributed by atoms with Crippen molar-refractivity contribution in [2.24, 2.45) is 23.7 Å². The summed E-state index contributed by atoms with van der Waals surface area (Å²) in [6.07, 6.45) is 21.4. The summed E-state index contributed by atoms with van der Waals surface area (Å²) in [6.45, 7) is 2.31. The number of unbranched alkanes of at least 4 members (excludes halogenated alkanes) is 2. The molecule has 130 valence electrons. The predicted molar refractivity (Wildman–Crippen MR) is 96.1 cm³/mol. The Bertz CT molecular complexity index is 410. The topological polar surface area (TPSA) is 26.3 Å². The summed E-state index contributed by atoms with van der Waals surface area (Å²) in [4.78, 5) is 11.1. The second-order valence-electron chi connectivity index (χ2n) is 7.34. The minimum atomic E-state index is -0.0920. The minimum Gasteiger partial charge on any atom is -0.469 e. The molecule has 0 N–H and O–H groups in total. The van der Waals surface area contributed by atoms with E-state index in [0.717, 1.165) is 36.5 Å². The lowest BCUT2D eigenvalue weighted by Gasteiger charge is -2.27. The molecule has 2 heteroatoms. The first kappa shape index (κ1) is 18.3. The number of esters is 1. The van der Waals surface area contributed by atoms with Crippen molar-refractivity contribution in [1.82, 2.24) is 0 Å². The van der Waals surface area contributed by atoms with Crippen molar-refractivity contribution in [2.75, 3.05) is 7.11 Å². The fourth-order valence-electron chi connectivity index (χ4n) is 4.60. The molecule has 1 saturated carbocycles. The molecule has 1 fully saturated rings. The van der Waals surface area contributed by atoms with Crippen molar-refractivity contribution in [3.63, 3.8) is 0 Å². The fourth-order valence-corrected chi connectivity index (χ4v) is 4.60. The second kappa shape index (κ2) is 9.95. The Morgan fingerprint density at radius 3 is 2.83 bits per heavy atom. The average Bonchev–Trinajstić information content (AvgIpc) is 2.93. The van der Waals surface area contributed by atoms with Gasteiger partial charge in [0.25, 0.3) is 0 Å². The molecule has 0 aliphatic heterocycles. The largest absolute Gasteiger partial charge is 0.469 e. The van der Waals surface area contributed by atoms with E-state index in [9.17, 15) is 4.79 Å². The molecule has 2 nitrogen and oxygen atoms in total. The van der Waals surface area contributed by atoms with Gasteiger partial charge in [0.05, 0.1) is 7.11 Å². The number of carbonyl (C=O) groups excluding carboxylic acids is 1. The van der Waals surface area contributed by atoms with E-state index in [-0.39, 0.29) is 5.97 Å². The van der Waals surface area contributed by atoms with Gasteiger partial charge in [0.2, 0.25) is 0 Å². The van der Waals surface area contributed by atoms with Gasteiger partial charge in [-0.1, -0.05) is 50.5 Å². The van der Waals surface area contributed by atoms with Crippen molar-refractivity contribution in [2.45, 2.75) is 71.1 Å². The van der Waals surface area contributed by atoms with Crippen LogP contribution in [0.5, 0.6) is 0 Å². The van der Waals surface area contributed by atoms with Gasteiger partial charge in [0.1, 0.15) is 0 Å². The van der Waals surface area contributed by atoms with E-state index >= 15 is 0 Å². The summed E-state index contributed by atoms with van der Waals surface area (Å²) >= 11 is 0. The summed E-state index contributed by atoms with van der Waals surface area (Å²) in [6, 6.07) is 0. The Hall–Kier alpha value is -1.05. The number of carbonyl (C=O) groups is 1. The smallest absolute Gasteiger partial charge is 0.305 e. The highest BCUT2D eigenvalue weighted by Crippen LogP contribution is 2.50. The van der Waals surface area contributed by atoms with Gasteiger partial charge in [-0.25, -0.2) is 0 Å². The van der Waals surface area contributed by atoms with E-state index in [1.807, 2.05) is 0 Å². The standard InChI is InChI=1S/C21H34O2/c1-3-4-11-17-16-18-12-9-10-14-20(18)19(17)13-7-5-6-8-15-21(22)23-2/h5,7,9-10,17-20H,3-4,6,8,11-16H2,1-2H3/b7-5+/t17-,18+,19+,20+/m0/s1. The average molecular weight is 319 g/mol. The maximum atomic E-state index is 11.1. The van der Waals surface area contributed by atoms with Gasteiger partial charge >= 0.3 is 5.97 Å². The highest BCUT2D eigenvalue weighted by Gasteiger charge is 2.41. The van der Waals surface area contributed by atoms with E-state index in [0.29, 0.717) is 6.42 Å². The maximum Gasteiger partial charge on any atom is 0.305 e. The fraction of sp³-hybridized carbons (Fsp3) is 0.762. The number of rotatable bonds is 9. The third-order valence-electron chi connectivity index (χ3n) is 5.86. The molecule has 23 heavy (non-hydrogen) atoms. The first-order valence-corrected chi connectivity index (χ1v) is 9.63. The van der Waals surface area contributed by atoms with Crippen molar-refractivity contribution in [3.05, 3.63) is 24.3 Å². The molecule has 2 aliphatic rings. The van der Waals surface area contributed by atoms with Crippen LogP contribution in [0.4, 0.5) is 0 Å². The molecule has 4 atom stereocenters. The molecular formula is C21H34O2. The van der Waals surface area contributed by atoms with Crippen LogP contribution in [0.2, 0.25) is 0 Å². The highest BCUT2D eigenvalue weighted by atomic mass is 16.5. The molecular weight excluding hydrogens is 284 g/mol. The van der Waals surface area contributed by atoms with E-state index in [2.05, 4.69) is 36.0 Å². The Balaban J connectivity index is 1.79. The molecule has 0 aromatic carbocycles. The zero-order valence-electron chi connectivity index (χ0n) is 15.0. The van der Waals surface area contributed by atoms with Crippen LogP contribution in [-0.4, -0.2) is 13.1 Å². The van der Waals surface area contributed by atoms with Crippen LogP contribution in [0.15, 0.2) is 24.3 Å². The van der Waals surface area contributed by atoms with Gasteiger partial charge in [-0.2, -0.15) is 0 Å². The van der Waals surface area contributed by atoms with Gasteiger partial charge in [-0.3, -0.25) is 4.79 Å². The van der Waals surface area contributed by atoms with Crippen LogP contribution >= 0.6 is 0 Å². The van der Waals surface area contributed by atoms with Crippen LogP contribution < -0.4 is 0 Å². The number of hydrogen-bond acceptors (Lipinski definition) is 2. The third-order valence-corrected chi connectivity index (χ3v) is 5.86. The monoisotopic (exact) mass is 318 g/mol. The zero-order chi connectivity index (χ0) is 16.5. The molecule has 0 unspecified atom stereocenters. The molecule has 2 rings (SSSR count). The first-order chi connectivity index (χ1) is 11.3. The molecule has 0 amide bonds. The van der Waals surface area contributed by atoms with Gasteiger partial charge < -0.3 is 4.74 Å². The summed E-state index contributed by atoms with van der Waals surface area (Å²) in [5.74, 6) is 3.59. The van der Waals surface area contributed by atoms with E-state index in [1.165, 1.54) is 52.1 Å². The van der Waals surface area contributed by atoms with Crippen LogP contribution in [-0.2, 0) is 9.53 Å². The van der Waals surface area contributed by atoms with E-state index < -0.39 is 0 Å². The summed E-state index contributed by atoms with van der Waals surface area (Å²) < 4.78 is 4.68. The van der Waals surface area contributed by atoms with Crippen LogP contribution in [0.3, 0.4) is 0 Å². The highest BCUT2D eigenvalue weighted by molar-refractivity contribution is 5.69. The van der Waals surface area contributed by atoms with Crippen molar-refractivity contribution >= 4 is 5.97 Å². The number of hydrogen-bond donors (Lipinski definition) is 0. The Kier molecular flexibility index (Phi) is 7.91. The number of allylic oxidation sites excluding steroid dienone is 4. The molecule has 0 spiro atoms. The lowest BCUT2D eigenvalue weighted by molar-refractivity contribution is -0.140. The molecule has 0 aromatic rings. The summed E-state index contributed by atoms with van der Waals surface area (Å²) in [7, 11) is 1.46. The van der Waals surface area contributed by atoms with Crippen LogP contribution in [0, 0.1) is 23.7 Å². The SMILES string of the molecule is CCCC[C@H]1C[C@H]2CC=CC[C@H]2[C@@H]1C/C=C/CCCC(=O)OC. The molecule has 0 heterocycles. The zero-order valence-corrected chi connectivity index (χ0v) is 15.0. The molecule has 0 saturated heterocycles. The van der Waals surface area contributed by atoms with Gasteiger partial charge in [-0.15, -0.1) is 0 Å². The van der Waals surface area contributed by atoms with Crippen LogP contribution in [0.25, 0.3) is 0 Å². The molecule has 0 bridgehead atoms. The summed E-state index contributed by atoms with van der Waals surface area (Å²) in [5.41, 5.74) is 0. The summed E-state index contributed by atoms with van der Waals surface area (Å²) in [5, 5.41) is 0. The Morgan fingerprint density at radius 2 is 2.04 bits per heavy atom. The van der Waals surface area contributed by atoms with Gasteiger partial charge in [0.15, 0.2) is 0 Å². The lowest BCUT2D eigenvalue weighted by atomic mass is 9.78. The molecule has 0 aromatic heterocycles. The Morgan fingerprint density at radius 1 is 1.22 bits per heavy atom. The quantitative estimate of drug-likeness (QED) is 0.310. The number of methoxy groups -OCH3 is 1.